The van der Waals surface area contributed by atoms with E-state index in [1.807, 2.05) is 6.07 Å². The number of anilines is 2. The average Bonchev–Trinajstić information content (AvgIpc) is 2.92. The number of nitrogens with one attached hydrogen (secondary N) is 2. The summed E-state index contributed by atoms with van der Waals surface area (Å²) in [5.41, 5.74) is 2.68. The van der Waals surface area contributed by atoms with Gasteiger partial charge in [0.1, 0.15) is 11.5 Å². The molecule has 2 amide bonds. The number of hydrogen-bond donors (Lipinski definition) is 3. The van der Waals surface area contributed by atoms with Crippen molar-refractivity contribution in [1.82, 2.24) is 0 Å². The second kappa shape index (κ2) is 15.3. The molecule has 0 saturated carbocycles. The molecule has 0 spiro atoms. The molecule has 0 unspecified atom stereocenters. The van der Waals surface area contributed by atoms with Crippen LogP contribution >= 0.6 is 11.6 Å². The van der Waals surface area contributed by atoms with Crippen LogP contribution in [0.1, 0.15) is 117 Å². The smallest absolute Gasteiger partial charge is 0.262 e. The molecule has 0 bridgehead atoms. The quantitative estimate of drug-likeness (QED) is 0.138. The van der Waals surface area contributed by atoms with Gasteiger partial charge in [-0.2, -0.15) is 0 Å². The van der Waals surface area contributed by atoms with Gasteiger partial charge in [-0.25, -0.2) is 0 Å². The van der Waals surface area contributed by atoms with Gasteiger partial charge in [0.25, 0.3) is 5.91 Å². The molecule has 0 fully saturated rings. The van der Waals surface area contributed by atoms with E-state index in [2.05, 4.69) is 71.2 Å². The van der Waals surface area contributed by atoms with Gasteiger partial charge in [0.05, 0.1) is 16.4 Å². The average molecular weight is 573 g/mol. The van der Waals surface area contributed by atoms with Gasteiger partial charge in [0.2, 0.25) is 5.91 Å². The van der Waals surface area contributed by atoms with Crippen molar-refractivity contribution in [3.05, 3.63) is 46.5 Å². The van der Waals surface area contributed by atoms with Crippen LogP contribution in [0.3, 0.4) is 0 Å². The van der Waals surface area contributed by atoms with Gasteiger partial charge in [-0.05, 0) is 47.8 Å². The van der Waals surface area contributed by atoms with E-state index in [0.29, 0.717) is 12.2 Å². The van der Waals surface area contributed by atoms with Crippen LogP contribution in [-0.4, -0.2) is 23.5 Å². The van der Waals surface area contributed by atoms with Crippen LogP contribution in [0.15, 0.2) is 30.3 Å². The SMILES string of the molecule is CCCCCCCCC(=O)Nc1cc(Cl)c(NC(=O)COc2ccc(C(C)(C)CC)cc2C(C)(C)CC)cc1O. The molecule has 0 aliphatic carbocycles. The van der Waals surface area contributed by atoms with Gasteiger partial charge in [-0.1, -0.05) is 104 Å². The van der Waals surface area contributed by atoms with E-state index in [9.17, 15) is 14.7 Å². The number of carbonyl (C=O) groups excluding carboxylic acids is 2. The number of rotatable bonds is 16. The van der Waals surface area contributed by atoms with E-state index in [0.717, 1.165) is 37.7 Å². The number of phenolic OH excluding ortho intramolecular Hbond substituents is 1. The minimum atomic E-state index is -0.403. The summed E-state index contributed by atoms with van der Waals surface area (Å²) in [5, 5.41) is 16.1. The zero-order valence-corrected chi connectivity index (χ0v) is 26.3. The fourth-order valence-electron chi connectivity index (χ4n) is 4.37. The van der Waals surface area contributed by atoms with Crippen LogP contribution in [0.2, 0.25) is 5.02 Å². The predicted octanol–water partition coefficient (Wildman–Crippen LogP) is 9.13. The molecule has 40 heavy (non-hydrogen) atoms. The highest BCUT2D eigenvalue weighted by molar-refractivity contribution is 6.34. The highest BCUT2D eigenvalue weighted by atomic mass is 35.5. The molecular weight excluding hydrogens is 524 g/mol. The topological polar surface area (TPSA) is 87.7 Å². The van der Waals surface area contributed by atoms with Crippen LogP contribution < -0.4 is 15.4 Å². The van der Waals surface area contributed by atoms with Gasteiger partial charge in [0, 0.05) is 18.1 Å². The minimum Gasteiger partial charge on any atom is -0.506 e. The Labute approximate surface area is 246 Å². The molecule has 2 aromatic rings. The summed E-state index contributed by atoms with van der Waals surface area (Å²) in [5.74, 6) is -0.0707. The van der Waals surface area contributed by atoms with Crippen molar-refractivity contribution >= 4 is 34.8 Å². The summed E-state index contributed by atoms with van der Waals surface area (Å²) in [6.45, 7) is 15.1. The third-order valence-electron chi connectivity index (χ3n) is 8.01. The van der Waals surface area contributed by atoms with Crippen molar-refractivity contribution in [2.45, 2.75) is 117 Å². The first-order chi connectivity index (χ1) is 18.8. The molecule has 3 N–H and O–H groups in total. The Balaban J connectivity index is 2.03. The molecular formula is C33H49ClN2O4. The van der Waals surface area contributed by atoms with Crippen molar-refractivity contribution < 1.29 is 19.4 Å². The van der Waals surface area contributed by atoms with E-state index in [-0.39, 0.29) is 45.5 Å². The molecule has 0 heterocycles. The number of amides is 2. The Hall–Kier alpha value is -2.73. The summed E-state index contributed by atoms with van der Waals surface area (Å²) in [7, 11) is 0. The molecule has 7 heteroatoms. The van der Waals surface area contributed by atoms with Gasteiger partial charge < -0.3 is 20.5 Å². The van der Waals surface area contributed by atoms with Crippen LogP contribution in [0.25, 0.3) is 0 Å². The van der Waals surface area contributed by atoms with E-state index in [1.165, 1.54) is 37.0 Å². The Morgan fingerprint density at radius 3 is 2.10 bits per heavy atom. The molecule has 0 aliphatic rings. The number of hydrogen-bond acceptors (Lipinski definition) is 4. The zero-order chi connectivity index (χ0) is 29.9. The summed E-state index contributed by atoms with van der Waals surface area (Å²) in [6.07, 6.45) is 8.83. The molecule has 222 valence electrons. The molecule has 0 aromatic heterocycles. The molecule has 0 aliphatic heterocycles. The van der Waals surface area contributed by atoms with E-state index in [1.54, 1.807) is 0 Å². The molecule has 2 aromatic carbocycles. The van der Waals surface area contributed by atoms with Crippen LogP contribution in [0.4, 0.5) is 11.4 Å². The number of phenols is 1. The van der Waals surface area contributed by atoms with Crippen LogP contribution in [-0.2, 0) is 20.4 Å². The molecule has 0 saturated heterocycles. The molecule has 6 nitrogen and oxygen atoms in total. The summed E-state index contributed by atoms with van der Waals surface area (Å²) < 4.78 is 6.00. The second-order valence-electron chi connectivity index (χ2n) is 11.9. The first kappa shape index (κ1) is 33.5. The summed E-state index contributed by atoms with van der Waals surface area (Å²) in [4.78, 5) is 25.1. The first-order valence-corrected chi connectivity index (χ1v) is 15.1. The lowest BCUT2D eigenvalue weighted by atomic mass is 9.76. The van der Waals surface area contributed by atoms with Crippen molar-refractivity contribution in [2.24, 2.45) is 0 Å². The lowest BCUT2D eigenvalue weighted by Crippen LogP contribution is -2.24. The van der Waals surface area contributed by atoms with Crippen LogP contribution in [0, 0.1) is 0 Å². The Bertz CT molecular complexity index is 1140. The number of carbonyl (C=O) groups is 2. The maximum absolute atomic E-state index is 12.8. The minimum absolute atomic E-state index is 0.0348. The van der Waals surface area contributed by atoms with Crippen molar-refractivity contribution in [3.63, 3.8) is 0 Å². The highest BCUT2D eigenvalue weighted by Crippen LogP contribution is 2.39. The number of unbranched alkanes of at least 4 members (excludes halogenated alkanes) is 5. The molecule has 0 radical (unpaired) electrons. The lowest BCUT2D eigenvalue weighted by Gasteiger charge is -2.30. The maximum Gasteiger partial charge on any atom is 0.262 e. The summed E-state index contributed by atoms with van der Waals surface area (Å²) >= 11 is 6.38. The number of halogens is 1. The van der Waals surface area contributed by atoms with E-state index >= 15 is 0 Å². The first-order valence-electron chi connectivity index (χ1n) is 14.7. The maximum atomic E-state index is 12.8. The fourth-order valence-corrected chi connectivity index (χ4v) is 4.58. The molecule has 0 atom stereocenters. The number of aromatic hydroxyl groups is 1. The standard InChI is InChI=1S/C33H49ClN2O4/c1-8-11-12-13-14-15-16-30(38)36-27-20-25(34)26(21-28(27)37)35-31(39)22-40-29-18-17-23(32(4,5)9-2)19-24(29)33(6,7)10-3/h17-21,37H,8-16,22H2,1-7H3,(H,35,39)(H,36,38). The highest BCUT2D eigenvalue weighted by Gasteiger charge is 2.27. The van der Waals surface area contributed by atoms with E-state index < -0.39 is 5.91 Å². The predicted molar refractivity (Wildman–Crippen MR) is 167 cm³/mol. The summed E-state index contributed by atoms with van der Waals surface area (Å²) in [6, 6.07) is 9.01. The third-order valence-corrected chi connectivity index (χ3v) is 8.32. The molecule has 2 rings (SSSR count). The number of ether oxygens (including phenoxy) is 1. The van der Waals surface area contributed by atoms with Gasteiger partial charge in [-0.3, -0.25) is 9.59 Å². The second-order valence-corrected chi connectivity index (χ2v) is 12.3. The van der Waals surface area contributed by atoms with Gasteiger partial charge >= 0.3 is 0 Å². The van der Waals surface area contributed by atoms with E-state index in [4.69, 9.17) is 16.3 Å². The van der Waals surface area contributed by atoms with Gasteiger partial charge in [0.15, 0.2) is 6.61 Å². The Morgan fingerprint density at radius 2 is 1.45 bits per heavy atom. The Morgan fingerprint density at radius 1 is 0.825 bits per heavy atom. The lowest BCUT2D eigenvalue weighted by molar-refractivity contribution is -0.118. The normalized spacial score (nSPS) is 11.8. The largest absolute Gasteiger partial charge is 0.506 e. The number of benzene rings is 2. The van der Waals surface area contributed by atoms with Crippen molar-refractivity contribution in [3.8, 4) is 11.5 Å². The zero-order valence-electron chi connectivity index (χ0n) is 25.5. The van der Waals surface area contributed by atoms with Crippen molar-refractivity contribution in [1.29, 1.82) is 0 Å². The Kier molecular flexibility index (Phi) is 12.8. The van der Waals surface area contributed by atoms with Crippen molar-refractivity contribution in [2.75, 3.05) is 17.2 Å². The van der Waals surface area contributed by atoms with Gasteiger partial charge in [-0.15, -0.1) is 0 Å². The third kappa shape index (κ3) is 9.72. The monoisotopic (exact) mass is 572 g/mol. The van der Waals surface area contributed by atoms with Crippen LogP contribution in [0.5, 0.6) is 11.5 Å². The fraction of sp³-hybridized carbons (Fsp3) is 0.576.